The highest BCUT2D eigenvalue weighted by Gasteiger charge is 2.22. The average molecular weight is 324 g/mol. The molecule has 2 aromatic rings. The Labute approximate surface area is 141 Å². The summed E-state index contributed by atoms with van der Waals surface area (Å²) >= 11 is 0. The van der Waals surface area contributed by atoms with Crippen molar-refractivity contribution in [3.05, 3.63) is 58.8 Å². The third-order valence-electron chi connectivity index (χ3n) is 4.42. The van der Waals surface area contributed by atoms with Gasteiger partial charge in [-0.15, -0.1) is 0 Å². The molecule has 1 aromatic heterocycles. The van der Waals surface area contributed by atoms with Gasteiger partial charge in [-0.2, -0.15) is 0 Å². The lowest BCUT2D eigenvalue weighted by atomic mass is 9.80. The van der Waals surface area contributed by atoms with Crippen molar-refractivity contribution >= 4 is 17.7 Å². The zero-order chi connectivity index (χ0) is 17.1. The minimum Gasteiger partial charge on any atom is -0.465 e. The van der Waals surface area contributed by atoms with Gasteiger partial charge in [0.05, 0.1) is 12.7 Å². The summed E-state index contributed by atoms with van der Waals surface area (Å²) in [6.45, 7) is 1.47. The first-order chi connectivity index (χ1) is 11.6. The second-order valence-corrected chi connectivity index (χ2v) is 6.07. The van der Waals surface area contributed by atoms with E-state index in [-0.39, 0.29) is 11.9 Å². The van der Waals surface area contributed by atoms with Crippen molar-refractivity contribution in [2.75, 3.05) is 12.4 Å². The number of hydrogen-bond donors (Lipinski definition) is 1. The lowest BCUT2D eigenvalue weighted by Crippen LogP contribution is -2.15. The minimum absolute atomic E-state index is 0.128. The fourth-order valence-electron chi connectivity index (χ4n) is 3.24. The van der Waals surface area contributed by atoms with Gasteiger partial charge < -0.3 is 10.1 Å². The summed E-state index contributed by atoms with van der Waals surface area (Å²) in [5, 5.41) is 2.72. The van der Waals surface area contributed by atoms with E-state index >= 15 is 0 Å². The van der Waals surface area contributed by atoms with Gasteiger partial charge in [-0.1, -0.05) is 6.07 Å². The van der Waals surface area contributed by atoms with Gasteiger partial charge in [0.2, 0.25) is 5.91 Å². The third-order valence-corrected chi connectivity index (χ3v) is 4.42. The Kier molecular flexibility index (Phi) is 4.60. The highest BCUT2D eigenvalue weighted by atomic mass is 16.5. The van der Waals surface area contributed by atoms with E-state index in [2.05, 4.69) is 10.3 Å². The molecule has 1 aliphatic carbocycles. The molecular formula is C19H20N2O3. The number of amides is 1. The number of hydrogen-bond acceptors (Lipinski definition) is 4. The predicted octanol–water partition coefficient (Wildman–Crippen LogP) is 3.10. The van der Waals surface area contributed by atoms with Crippen LogP contribution in [0.2, 0.25) is 0 Å². The summed E-state index contributed by atoms with van der Waals surface area (Å²) in [6.07, 6.45) is 4.60. The maximum absolute atomic E-state index is 11.7. The molecule has 0 spiro atoms. The average Bonchev–Trinajstić information content (AvgIpc) is 2.59. The first kappa shape index (κ1) is 16.2. The monoisotopic (exact) mass is 324 g/mol. The van der Waals surface area contributed by atoms with Crippen LogP contribution in [0.1, 0.15) is 46.3 Å². The Morgan fingerprint density at radius 2 is 2.04 bits per heavy atom. The fraction of sp³-hybridized carbons (Fsp3) is 0.316. The fourth-order valence-corrected chi connectivity index (χ4v) is 3.24. The summed E-state index contributed by atoms with van der Waals surface area (Å²) < 4.78 is 4.80. The standard InChI is InChI=1S/C19H20N2O3/c1-12(22)21-18-11-15(7-8-20-18)14-5-3-13-4-6-16(19(23)24-2)10-17(13)9-14/h4,6-8,10-11,14H,3,5,9H2,1-2H3,(H,20,21,22). The van der Waals surface area contributed by atoms with Crippen LogP contribution in [-0.4, -0.2) is 24.0 Å². The van der Waals surface area contributed by atoms with Gasteiger partial charge >= 0.3 is 5.97 Å². The highest BCUT2D eigenvalue weighted by Crippen LogP contribution is 2.33. The molecule has 1 unspecified atom stereocenters. The number of carbonyl (C=O) groups is 2. The number of nitrogens with zero attached hydrogens (tertiary/aromatic N) is 1. The van der Waals surface area contributed by atoms with Crippen LogP contribution in [0.25, 0.3) is 0 Å². The molecule has 1 N–H and O–H groups in total. The number of rotatable bonds is 3. The molecule has 1 amide bonds. The van der Waals surface area contributed by atoms with E-state index in [4.69, 9.17) is 4.74 Å². The number of pyridine rings is 1. The summed E-state index contributed by atoms with van der Waals surface area (Å²) in [4.78, 5) is 27.1. The number of aromatic nitrogens is 1. The Morgan fingerprint density at radius 3 is 2.79 bits per heavy atom. The molecule has 24 heavy (non-hydrogen) atoms. The van der Waals surface area contributed by atoms with E-state index in [9.17, 15) is 9.59 Å². The largest absolute Gasteiger partial charge is 0.465 e. The maximum Gasteiger partial charge on any atom is 0.337 e. The molecule has 0 saturated heterocycles. The number of nitrogens with one attached hydrogen (secondary N) is 1. The topological polar surface area (TPSA) is 68.3 Å². The van der Waals surface area contributed by atoms with Crippen molar-refractivity contribution in [2.45, 2.75) is 32.1 Å². The van der Waals surface area contributed by atoms with E-state index in [1.54, 1.807) is 6.20 Å². The first-order valence-electron chi connectivity index (χ1n) is 8.00. The van der Waals surface area contributed by atoms with Crippen molar-refractivity contribution in [3.8, 4) is 0 Å². The van der Waals surface area contributed by atoms with Crippen LogP contribution in [0.15, 0.2) is 36.5 Å². The predicted molar refractivity (Wildman–Crippen MR) is 91.1 cm³/mol. The van der Waals surface area contributed by atoms with Gasteiger partial charge in [-0.05, 0) is 66.1 Å². The SMILES string of the molecule is COC(=O)c1ccc2c(c1)CC(c1ccnc(NC(C)=O)c1)CC2. The summed E-state index contributed by atoms with van der Waals surface area (Å²) in [5.41, 5.74) is 4.22. The van der Waals surface area contributed by atoms with Gasteiger partial charge in [0.1, 0.15) is 5.82 Å². The van der Waals surface area contributed by atoms with Gasteiger partial charge in [0.15, 0.2) is 0 Å². The summed E-state index contributed by atoms with van der Waals surface area (Å²) in [6, 6.07) is 9.70. The third kappa shape index (κ3) is 3.45. The van der Waals surface area contributed by atoms with Crippen LogP contribution >= 0.6 is 0 Å². The van der Waals surface area contributed by atoms with Crippen LogP contribution in [0.5, 0.6) is 0 Å². The second kappa shape index (κ2) is 6.83. The Balaban J connectivity index is 1.84. The molecule has 3 rings (SSSR count). The van der Waals surface area contributed by atoms with Gasteiger partial charge in [-0.3, -0.25) is 4.79 Å². The van der Waals surface area contributed by atoms with Crippen molar-refractivity contribution in [1.82, 2.24) is 4.98 Å². The number of anilines is 1. The molecule has 0 saturated carbocycles. The number of fused-ring (bicyclic) bond motifs is 1. The van der Waals surface area contributed by atoms with Crippen LogP contribution in [-0.2, 0) is 22.4 Å². The molecular weight excluding hydrogens is 304 g/mol. The zero-order valence-electron chi connectivity index (χ0n) is 13.8. The van der Waals surface area contributed by atoms with Gasteiger partial charge in [-0.25, -0.2) is 9.78 Å². The van der Waals surface area contributed by atoms with Crippen molar-refractivity contribution in [1.29, 1.82) is 0 Å². The summed E-state index contributed by atoms with van der Waals surface area (Å²) in [5.74, 6) is 0.489. The van der Waals surface area contributed by atoms with Crippen LogP contribution < -0.4 is 5.32 Å². The van der Waals surface area contributed by atoms with Crippen molar-refractivity contribution < 1.29 is 14.3 Å². The van der Waals surface area contributed by atoms with Gasteiger partial charge in [0, 0.05) is 13.1 Å². The zero-order valence-corrected chi connectivity index (χ0v) is 13.8. The Morgan fingerprint density at radius 1 is 1.21 bits per heavy atom. The maximum atomic E-state index is 11.7. The van der Waals surface area contributed by atoms with Gasteiger partial charge in [0.25, 0.3) is 0 Å². The quantitative estimate of drug-likeness (QED) is 0.881. The lowest BCUT2D eigenvalue weighted by molar-refractivity contribution is -0.114. The molecule has 0 fully saturated rings. The van der Waals surface area contributed by atoms with E-state index in [0.29, 0.717) is 17.3 Å². The molecule has 0 aliphatic heterocycles. The molecule has 5 heteroatoms. The number of methoxy groups -OCH3 is 1. The van der Waals surface area contributed by atoms with Crippen LogP contribution in [0.4, 0.5) is 5.82 Å². The summed E-state index contributed by atoms with van der Waals surface area (Å²) in [7, 11) is 1.39. The smallest absolute Gasteiger partial charge is 0.337 e. The number of aryl methyl sites for hydroxylation is 1. The molecule has 1 aromatic carbocycles. The number of ether oxygens (including phenoxy) is 1. The number of carbonyl (C=O) groups excluding carboxylic acids is 2. The van der Waals surface area contributed by atoms with E-state index in [1.165, 1.54) is 25.2 Å². The molecule has 124 valence electrons. The molecule has 1 aliphatic rings. The van der Waals surface area contributed by atoms with E-state index in [1.807, 2.05) is 30.3 Å². The molecule has 0 radical (unpaired) electrons. The van der Waals surface area contributed by atoms with E-state index < -0.39 is 0 Å². The minimum atomic E-state index is -0.309. The Bertz CT molecular complexity index is 786. The first-order valence-corrected chi connectivity index (χ1v) is 8.00. The highest BCUT2D eigenvalue weighted by molar-refractivity contribution is 5.89. The molecule has 1 atom stereocenters. The number of benzene rings is 1. The molecule has 5 nitrogen and oxygen atoms in total. The Hall–Kier alpha value is -2.69. The normalized spacial score (nSPS) is 16.2. The molecule has 0 bridgehead atoms. The second-order valence-electron chi connectivity index (χ2n) is 6.07. The van der Waals surface area contributed by atoms with Crippen molar-refractivity contribution in [3.63, 3.8) is 0 Å². The molecule has 1 heterocycles. The van der Waals surface area contributed by atoms with Crippen molar-refractivity contribution in [2.24, 2.45) is 0 Å². The van der Waals surface area contributed by atoms with E-state index in [0.717, 1.165) is 24.8 Å². The van der Waals surface area contributed by atoms with Crippen LogP contribution in [0.3, 0.4) is 0 Å². The van der Waals surface area contributed by atoms with Crippen LogP contribution in [0, 0.1) is 0 Å². The number of esters is 1. The lowest BCUT2D eigenvalue weighted by Gasteiger charge is -2.25.